The third kappa shape index (κ3) is 2.86. The van der Waals surface area contributed by atoms with Gasteiger partial charge < -0.3 is 15.8 Å². The monoisotopic (exact) mass is 285 g/mol. The molecule has 2 rings (SSSR count). The SMILES string of the molecule is COCCNS(=O)(=O)c1cc(N)c2c(c1)CC(=O)N2. The van der Waals surface area contributed by atoms with Crippen LogP contribution >= 0.6 is 0 Å². The van der Waals surface area contributed by atoms with Gasteiger partial charge in [0, 0.05) is 13.7 Å². The molecule has 0 saturated heterocycles. The van der Waals surface area contributed by atoms with Crippen molar-refractivity contribution in [1.82, 2.24) is 4.72 Å². The highest BCUT2D eigenvalue weighted by atomic mass is 32.2. The maximum Gasteiger partial charge on any atom is 0.240 e. The molecule has 0 radical (unpaired) electrons. The summed E-state index contributed by atoms with van der Waals surface area (Å²) in [4.78, 5) is 11.3. The predicted molar refractivity (Wildman–Crippen MR) is 70.3 cm³/mol. The van der Waals surface area contributed by atoms with E-state index < -0.39 is 10.0 Å². The minimum atomic E-state index is -3.64. The van der Waals surface area contributed by atoms with Crippen LogP contribution in [0.25, 0.3) is 0 Å². The van der Waals surface area contributed by atoms with Gasteiger partial charge in [0.1, 0.15) is 0 Å². The van der Waals surface area contributed by atoms with Crippen LogP contribution in [0.3, 0.4) is 0 Å². The van der Waals surface area contributed by atoms with E-state index in [4.69, 9.17) is 10.5 Å². The van der Waals surface area contributed by atoms with Crippen molar-refractivity contribution in [1.29, 1.82) is 0 Å². The molecule has 1 heterocycles. The number of ether oxygens (including phenoxy) is 1. The average molecular weight is 285 g/mol. The van der Waals surface area contributed by atoms with Gasteiger partial charge in [-0.25, -0.2) is 13.1 Å². The van der Waals surface area contributed by atoms with Crippen LogP contribution in [-0.4, -0.2) is 34.6 Å². The van der Waals surface area contributed by atoms with Crippen LogP contribution in [0.1, 0.15) is 5.56 Å². The van der Waals surface area contributed by atoms with E-state index in [1.807, 2.05) is 0 Å². The number of methoxy groups -OCH3 is 1. The van der Waals surface area contributed by atoms with Gasteiger partial charge in [0.2, 0.25) is 15.9 Å². The van der Waals surface area contributed by atoms with Gasteiger partial charge in [-0.1, -0.05) is 0 Å². The van der Waals surface area contributed by atoms with Gasteiger partial charge in [-0.3, -0.25) is 4.79 Å². The molecule has 0 aliphatic carbocycles. The van der Waals surface area contributed by atoms with Crippen LogP contribution in [0.4, 0.5) is 11.4 Å². The predicted octanol–water partition coefficient (Wildman–Crippen LogP) is -0.312. The minimum absolute atomic E-state index is 0.0522. The van der Waals surface area contributed by atoms with Crippen molar-refractivity contribution in [3.8, 4) is 0 Å². The summed E-state index contributed by atoms with van der Waals surface area (Å²) in [6.07, 6.45) is 0.140. The molecule has 0 unspecified atom stereocenters. The number of nitrogens with two attached hydrogens (primary N) is 1. The van der Waals surface area contributed by atoms with Crippen molar-refractivity contribution in [3.63, 3.8) is 0 Å². The fourth-order valence-corrected chi connectivity index (χ4v) is 2.96. The van der Waals surface area contributed by atoms with Gasteiger partial charge in [0.05, 0.1) is 29.3 Å². The second kappa shape index (κ2) is 5.16. The fraction of sp³-hybridized carbons (Fsp3) is 0.364. The summed E-state index contributed by atoms with van der Waals surface area (Å²) < 4.78 is 31.2. The molecule has 8 heteroatoms. The molecule has 1 aromatic carbocycles. The van der Waals surface area contributed by atoms with Crippen LogP contribution in [0.5, 0.6) is 0 Å². The van der Waals surface area contributed by atoms with Gasteiger partial charge in [-0.2, -0.15) is 0 Å². The number of carbonyl (C=O) groups is 1. The number of nitrogens with one attached hydrogen (secondary N) is 2. The zero-order valence-corrected chi connectivity index (χ0v) is 11.2. The Morgan fingerprint density at radius 1 is 1.47 bits per heavy atom. The second-order valence-electron chi connectivity index (χ2n) is 4.16. The molecule has 0 saturated carbocycles. The Morgan fingerprint density at radius 2 is 2.21 bits per heavy atom. The molecule has 0 aromatic heterocycles. The Bertz CT molecular complexity index is 613. The summed E-state index contributed by atoms with van der Waals surface area (Å²) in [5, 5.41) is 2.60. The zero-order chi connectivity index (χ0) is 14.0. The minimum Gasteiger partial charge on any atom is -0.397 e. The topological polar surface area (TPSA) is 111 Å². The highest BCUT2D eigenvalue weighted by Crippen LogP contribution is 2.32. The van der Waals surface area contributed by atoms with Crippen molar-refractivity contribution >= 4 is 27.3 Å². The van der Waals surface area contributed by atoms with E-state index in [1.165, 1.54) is 19.2 Å². The highest BCUT2D eigenvalue weighted by Gasteiger charge is 2.24. The number of hydrogen-bond acceptors (Lipinski definition) is 5. The zero-order valence-electron chi connectivity index (χ0n) is 10.4. The number of sulfonamides is 1. The van der Waals surface area contributed by atoms with Gasteiger partial charge in [-0.15, -0.1) is 0 Å². The van der Waals surface area contributed by atoms with Crippen LogP contribution in [-0.2, 0) is 26.0 Å². The molecular weight excluding hydrogens is 270 g/mol. The molecule has 1 aliphatic rings. The van der Waals surface area contributed by atoms with Gasteiger partial charge in [-0.05, 0) is 17.7 Å². The van der Waals surface area contributed by atoms with Crippen LogP contribution < -0.4 is 15.8 Å². The first kappa shape index (κ1) is 13.8. The number of amides is 1. The Hall–Kier alpha value is -1.64. The first-order valence-electron chi connectivity index (χ1n) is 5.65. The molecule has 7 nitrogen and oxygen atoms in total. The van der Waals surface area contributed by atoms with Gasteiger partial charge in [0.15, 0.2) is 0 Å². The lowest BCUT2D eigenvalue weighted by atomic mass is 10.1. The first-order chi connectivity index (χ1) is 8.94. The lowest BCUT2D eigenvalue weighted by Crippen LogP contribution is -2.27. The van der Waals surface area contributed by atoms with E-state index in [9.17, 15) is 13.2 Å². The molecule has 0 atom stereocenters. The number of anilines is 2. The van der Waals surface area contributed by atoms with Crippen LogP contribution in [0, 0.1) is 0 Å². The largest absolute Gasteiger partial charge is 0.397 e. The lowest BCUT2D eigenvalue weighted by molar-refractivity contribution is -0.115. The van der Waals surface area contributed by atoms with E-state index in [0.717, 1.165) is 0 Å². The molecule has 104 valence electrons. The highest BCUT2D eigenvalue weighted by molar-refractivity contribution is 7.89. The number of nitrogen functional groups attached to an aromatic ring is 1. The summed E-state index contributed by atoms with van der Waals surface area (Å²) in [6, 6.07) is 2.79. The summed E-state index contributed by atoms with van der Waals surface area (Å²) in [7, 11) is -2.16. The fourth-order valence-electron chi connectivity index (χ4n) is 1.86. The van der Waals surface area contributed by atoms with Gasteiger partial charge >= 0.3 is 0 Å². The lowest BCUT2D eigenvalue weighted by Gasteiger charge is -2.10. The van der Waals surface area contributed by atoms with Crippen molar-refractivity contribution in [2.24, 2.45) is 0 Å². The van der Waals surface area contributed by atoms with Crippen molar-refractivity contribution < 1.29 is 17.9 Å². The second-order valence-corrected chi connectivity index (χ2v) is 5.93. The molecule has 0 bridgehead atoms. The third-order valence-electron chi connectivity index (χ3n) is 2.75. The molecule has 0 fully saturated rings. The molecule has 1 aliphatic heterocycles. The summed E-state index contributed by atoms with van der Waals surface area (Å²) in [6.45, 7) is 0.451. The Labute approximate surface area is 111 Å². The third-order valence-corrected chi connectivity index (χ3v) is 4.19. The van der Waals surface area contributed by atoms with E-state index in [2.05, 4.69) is 10.0 Å². The number of benzene rings is 1. The number of rotatable bonds is 5. The Balaban J connectivity index is 2.29. The van der Waals surface area contributed by atoms with E-state index in [1.54, 1.807) is 0 Å². The number of fused-ring (bicyclic) bond motifs is 1. The Kier molecular flexibility index (Phi) is 3.74. The average Bonchev–Trinajstić information content (AvgIpc) is 2.70. The van der Waals surface area contributed by atoms with E-state index in [0.29, 0.717) is 11.3 Å². The summed E-state index contributed by atoms with van der Waals surface area (Å²) in [5.74, 6) is -0.191. The van der Waals surface area contributed by atoms with Crippen LogP contribution in [0.15, 0.2) is 17.0 Å². The van der Waals surface area contributed by atoms with Crippen molar-refractivity contribution in [3.05, 3.63) is 17.7 Å². The first-order valence-corrected chi connectivity index (χ1v) is 7.13. The summed E-state index contributed by atoms with van der Waals surface area (Å²) in [5.41, 5.74) is 7.10. The quantitative estimate of drug-likeness (QED) is 0.507. The van der Waals surface area contributed by atoms with Gasteiger partial charge in [0.25, 0.3) is 0 Å². The number of hydrogen-bond donors (Lipinski definition) is 3. The molecule has 1 amide bonds. The normalized spacial score (nSPS) is 14.3. The standard InChI is InChI=1S/C11H15N3O4S/c1-18-3-2-13-19(16,17)8-4-7-5-10(15)14-11(7)9(12)6-8/h4,6,13H,2-3,5,12H2,1H3,(H,14,15). The maximum atomic E-state index is 12.0. The van der Waals surface area contributed by atoms with Crippen molar-refractivity contribution in [2.45, 2.75) is 11.3 Å². The van der Waals surface area contributed by atoms with E-state index in [-0.39, 0.29) is 36.1 Å². The molecule has 1 aromatic rings. The molecule has 0 spiro atoms. The smallest absolute Gasteiger partial charge is 0.240 e. The van der Waals surface area contributed by atoms with E-state index >= 15 is 0 Å². The van der Waals surface area contributed by atoms with Crippen molar-refractivity contribution in [2.75, 3.05) is 31.3 Å². The molecule has 4 N–H and O–H groups in total. The molecular formula is C11H15N3O4S. The number of carbonyl (C=O) groups excluding carboxylic acids is 1. The maximum absolute atomic E-state index is 12.0. The Morgan fingerprint density at radius 3 is 2.89 bits per heavy atom. The van der Waals surface area contributed by atoms with Crippen LogP contribution in [0.2, 0.25) is 0 Å². The molecule has 19 heavy (non-hydrogen) atoms. The summed E-state index contributed by atoms with van der Waals surface area (Å²) >= 11 is 0.